The molecule has 0 saturated carbocycles. The van der Waals surface area contributed by atoms with Crippen molar-refractivity contribution in [1.82, 2.24) is 15.0 Å². The van der Waals surface area contributed by atoms with E-state index < -0.39 is 11.9 Å². The minimum atomic E-state index is -0.557. The minimum Gasteiger partial charge on any atom is -0.490 e. The van der Waals surface area contributed by atoms with Crippen LogP contribution >= 0.6 is 0 Å². The van der Waals surface area contributed by atoms with E-state index in [9.17, 15) is 9.18 Å². The molecule has 8 heteroatoms. The number of carbonyl (C=O) groups is 1. The maximum Gasteiger partial charge on any atom is 0.257 e. The van der Waals surface area contributed by atoms with Crippen molar-refractivity contribution < 1.29 is 23.2 Å². The number of nitrogens with zero attached hydrogens (tertiary/aromatic N) is 3. The number of benzene rings is 1. The summed E-state index contributed by atoms with van der Waals surface area (Å²) >= 11 is 0. The average molecular weight is 349 g/mol. The number of morpholine rings is 1. The largest absolute Gasteiger partial charge is 0.490 e. The summed E-state index contributed by atoms with van der Waals surface area (Å²) in [5, 5.41) is 3.76. The van der Waals surface area contributed by atoms with Gasteiger partial charge in [0.1, 0.15) is 0 Å². The molecule has 2 aromatic rings. The summed E-state index contributed by atoms with van der Waals surface area (Å²) in [5.74, 6) is -0.0821. The molecule has 0 bridgehead atoms. The average Bonchev–Trinajstić information content (AvgIpc) is 3.02. The molecule has 1 aliphatic rings. The van der Waals surface area contributed by atoms with Gasteiger partial charge in [0.15, 0.2) is 23.5 Å². The number of rotatable bonds is 4. The van der Waals surface area contributed by atoms with Gasteiger partial charge in [0.25, 0.3) is 11.8 Å². The molecular formula is C17H20FN3O4. The molecule has 7 nitrogen and oxygen atoms in total. The van der Waals surface area contributed by atoms with Gasteiger partial charge in [-0.15, -0.1) is 0 Å². The molecule has 2 atom stereocenters. The molecule has 25 heavy (non-hydrogen) atoms. The zero-order valence-corrected chi connectivity index (χ0v) is 14.4. The number of hydrogen-bond acceptors (Lipinski definition) is 6. The molecule has 1 amide bonds. The lowest BCUT2D eigenvalue weighted by molar-refractivity contribution is -0.0810. The first-order chi connectivity index (χ1) is 12.0. The quantitative estimate of drug-likeness (QED) is 0.844. The van der Waals surface area contributed by atoms with E-state index in [0.717, 1.165) is 0 Å². The first kappa shape index (κ1) is 17.3. The molecule has 1 fully saturated rings. The fourth-order valence-corrected chi connectivity index (χ4v) is 2.84. The zero-order valence-electron chi connectivity index (χ0n) is 14.4. The van der Waals surface area contributed by atoms with Crippen molar-refractivity contribution in [3.8, 4) is 5.75 Å². The Hall–Kier alpha value is -2.48. The van der Waals surface area contributed by atoms with Crippen molar-refractivity contribution in [2.75, 3.05) is 19.7 Å². The summed E-state index contributed by atoms with van der Waals surface area (Å²) in [6, 6.07) is 4.32. The minimum absolute atomic E-state index is 0.0284. The smallest absolute Gasteiger partial charge is 0.257 e. The molecule has 3 rings (SSSR count). The number of aromatic nitrogens is 2. The Labute approximate surface area is 144 Å². The first-order valence-electron chi connectivity index (χ1n) is 8.15. The lowest BCUT2D eigenvalue weighted by Crippen LogP contribution is -2.46. The lowest BCUT2D eigenvalue weighted by atomic mass is 10.1. The van der Waals surface area contributed by atoms with Gasteiger partial charge >= 0.3 is 0 Å². The number of amides is 1. The van der Waals surface area contributed by atoms with Gasteiger partial charge < -0.3 is 18.9 Å². The highest BCUT2D eigenvalue weighted by Gasteiger charge is 2.34. The van der Waals surface area contributed by atoms with Crippen LogP contribution in [0, 0.1) is 12.7 Å². The Morgan fingerprint density at radius 3 is 2.92 bits per heavy atom. The zero-order chi connectivity index (χ0) is 18.0. The van der Waals surface area contributed by atoms with Crippen LogP contribution in [0.2, 0.25) is 0 Å². The van der Waals surface area contributed by atoms with Crippen molar-refractivity contribution in [2.24, 2.45) is 0 Å². The second kappa shape index (κ2) is 7.18. The van der Waals surface area contributed by atoms with Crippen LogP contribution in [0.3, 0.4) is 0 Å². The molecule has 134 valence electrons. The summed E-state index contributed by atoms with van der Waals surface area (Å²) in [6.45, 7) is 6.20. The van der Waals surface area contributed by atoms with E-state index in [-0.39, 0.29) is 36.5 Å². The van der Waals surface area contributed by atoms with Crippen LogP contribution in [0.4, 0.5) is 4.39 Å². The summed E-state index contributed by atoms with van der Waals surface area (Å²) in [5.41, 5.74) is 0.191. The Bertz CT molecular complexity index is 764. The van der Waals surface area contributed by atoms with Crippen LogP contribution in [0.5, 0.6) is 5.75 Å². The normalized spacial score (nSPS) is 20.6. The Morgan fingerprint density at radius 1 is 1.44 bits per heavy atom. The summed E-state index contributed by atoms with van der Waals surface area (Å²) in [4.78, 5) is 18.7. The van der Waals surface area contributed by atoms with E-state index in [1.807, 2.05) is 6.92 Å². The number of aryl methyl sites for hydroxylation is 1. The molecule has 1 saturated heterocycles. The number of hydrogen-bond donors (Lipinski definition) is 0. The third kappa shape index (κ3) is 3.63. The van der Waals surface area contributed by atoms with Crippen molar-refractivity contribution in [2.45, 2.75) is 33.0 Å². The topological polar surface area (TPSA) is 77.7 Å². The molecule has 0 unspecified atom stereocenters. The highest BCUT2D eigenvalue weighted by atomic mass is 19.1. The van der Waals surface area contributed by atoms with Gasteiger partial charge in [-0.3, -0.25) is 4.79 Å². The second-order valence-electron chi connectivity index (χ2n) is 5.87. The fourth-order valence-electron chi connectivity index (χ4n) is 2.84. The SMILES string of the molecule is CCOc1c(F)cccc1C(=O)N1C[C@@H](C)O[C@@H](c2nc(C)no2)C1. The maximum absolute atomic E-state index is 14.0. The maximum atomic E-state index is 14.0. The van der Waals surface area contributed by atoms with Crippen LogP contribution in [-0.2, 0) is 4.74 Å². The third-order valence-corrected chi connectivity index (χ3v) is 3.85. The molecule has 1 aromatic heterocycles. The van der Waals surface area contributed by atoms with E-state index in [1.54, 1.807) is 24.8 Å². The van der Waals surface area contributed by atoms with E-state index in [4.69, 9.17) is 14.0 Å². The van der Waals surface area contributed by atoms with Gasteiger partial charge in [0, 0.05) is 6.54 Å². The van der Waals surface area contributed by atoms with Crippen LogP contribution in [0.25, 0.3) is 0 Å². The summed E-state index contributed by atoms with van der Waals surface area (Å²) < 4.78 is 30.3. The molecule has 2 heterocycles. The predicted octanol–water partition coefficient (Wildman–Crippen LogP) is 2.52. The van der Waals surface area contributed by atoms with Gasteiger partial charge in [0.05, 0.1) is 24.8 Å². The number of halogens is 1. The van der Waals surface area contributed by atoms with Gasteiger partial charge in [-0.2, -0.15) is 4.98 Å². The highest BCUT2D eigenvalue weighted by Crippen LogP contribution is 2.28. The van der Waals surface area contributed by atoms with Crippen molar-refractivity contribution in [3.63, 3.8) is 0 Å². The second-order valence-corrected chi connectivity index (χ2v) is 5.87. The molecule has 0 N–H and O–H groups in total. The van der Waals surface area contributed by atoms with Crippen LogP contribution < -0.4 is 4.74 Å². The molecule has 1 aromatic carbocycles. The van der Waals surface area contributed by atoms with Gasteiger partial charge in [-0.05, 0) is 32.9 Å². The van der Waals surface area contributed by atoms with E-state index in [1.165, 1.54) is 12.1 Å². The monoisotopic (exact) mass is 349 g/mol. The third-order valence-electron chi connectivity index (χ3n) is 3.85. The molecular weight excluding hydrogens is 329 g/mol. The first-order valence-corrected chi connectivity index (χ1v) is 8.15. The summed E-state index contributed by atoms with van der Waals surface area (Å²) in [7, 11) is 0. The fraction of sp³-hybridized carbons (Fsp3) is 0.471. The van der Waals surface area contributed by atoms with Crippen molar-refractivity contribution in [3.05, 3.63) is 41.3 Å². The standard InChI is InChI=1S/C17H20FN3O4/c1-4-23-15-12(6-5-7-13(15)18)17(22)21-8-10(2)24-14(9-21)16-19-11(3)20-25-16/h5-7,10,14H,4,8-9H2,1-3H3/t10-,14-/m1/s1. The molecule has 0 radical (unpaired) electrons. The van der Waals surface area contributed by atoms with Gasteiger partial charge in [-0.1, -0.05) is 11.2 Å². The number of carbonyl (C=O) groups excluding carboxylic acids is 1. The van der Waals surface area contributed by atoms with E-state index in [0.29, 0.717) is 18.3 Å². The van der Waals surface area contributed by atoms with Crippen LogP contribution in [0.15, 0.2) is 22.7 Å². The van der Waals surface area contributed by atoms with Crippen molar-refractivity contribution in [1.29, 1.82) is 0 Å². The molecule has 1 aliphatic heterocycles. The van der Waals surface area contributed by atoms with Gasteiger partial charge in [-0.25, -0.2) is 4.39 Å². The number of para-hydroxylation sites is 1. The Balaban J connectivity index is 1.85. The summed E-state index contributed by atoms with van der Waals surface area (Å²) in [6.07, 6.45) is -0.739. The molecule has 0 aliphatic carbocycles. The highest BCUT2D eigenvalue weighted by molar-refractivity contribution is 5.97. The van der Waals surface area contributed by atoms with Crippen molar-refractivity contribution >= 4 is 5.91 Å². The Kier molecular flexibility index (Phi) is 4.98. The van der Waals surface area contributed by atoms with E-state index in [2.05, 4.69) is 10.1 Å². The van der Waals surface area contributed by atoms with Crippen LogP contribution in [-0.4, -0.2) is 46.7 Å². The number of ether oxygens (including phenoxy) is 2. The lowest BCUT2D eigenvalue weighted by Gasteiger charge is -2.35. The Morgan fingerprint density at radius 2 is 2.24 bits per heavy atom. The molecule has 0 spiro atoms. The van der Waals surface area contributed by atoms with Gasteiger partial charge in [0.2, 0.25) is 0 Å². The predicted molar refractivity (Wildman–Crippen MR) is 85.8 cm³/mol. The van der Waals surface area contributed by atoms with Crippen LogP contribution in [0.1, 0.15) is 42.0 Å². The van der Waals surface area contributed by atoms with E-state index >= 15 is 0 Å².